The molecule has 0 amide bonds. The second-order valence-corrected chi connectivity index (χ2v) is 6.18. The molecule has 1 N–H and O–H groups in total. The van der Waals surface area contributed by atoms with E-state index in [1.807, 2.05) is 0 Å². The van der Waals surface area contributed by atoms with Crippen LogP contribution in [0.3, 0.4) is 0 Å². The van der Waals surface area contributed by atoms with Crippen LogP contribution in [0.15, 0.2) is 0 Å². The first-order valence-corrected chi connectivity index (χ1v) is 5.77. The maximum Gasteiger partial charge on any atom is 0.0602 e. The highest BCUT2D eigenvalue weighted by molar-refractivity contribution is 5.06. The molecule has 0 spiro atoms. The maximum absolute atomic E-state index is 10.2. The van der Waals surface area contributed by atoms with Crippen LogP contribution in [0.1, 0.15) is 39.5 Å². The molecule has 74 valence electrons. The minimum atomic E-state index is 0.0304. The Hall–Kier alpha value is -0.0400. The summed E-state index contributed by atoms with van der Waals surface area (Å²) in [6.45, 7) is 4.76. The zero-order valence-corrected chi connectivity index (χ0v) is 8.66. The van der Waals surface area contributed by atoms with Gasteiger partial charge >= 0.3 is 0 Å². The van der Waals surface area contributed by atoms with Crippen LogP contribution < -0.4 is 0 Å². The van der Waals surface area contributed by atoms with Crippen molar-refractivity contribution in [1.82, 2.24) is 0 Å². The van der Waals surface area contributed by atoms with E-state index in [2.05, 4.69) is 13.8 Å². The fraction of sp³-hybridized carbons (Fsp3) is 1.00. The molecule has 0 aromatic heterocycles. The molecule has 4 aliphatic carbocycles. The zero-order chi connectivity index (χ0) is 9.22. The highest BCUT2D eigenvalue weighted by Crippen LogP contribution is 2.61. The topological polar surface area (TPSA) is 20.2 Å². The van der Waals surface area contributed by atoms with E-state index in [9.17, 15) is 5.11 Å². The maximum atomic E-state index is 10.2. The number of aliphatic hydroxyl groups is 1. The van der Waals surface area contributed by atoms with Crippen LogP contribution >= 0.6 is 0 Å². The largest absolute Gasteiger partial charge is 0.393 e. The number of rotatable bonds is 0. The Kier molecular flexibility index (Phi) is 1.47. The van der Waals surface area contributed by atoms with Gasteiger partial charge in [-0.2, -0.15) is 0 Å². The van der Waals surface area contributed by atoms with Crippen molar-refractivity contribution in [1.29, 1.82) is 0 Å². The third-order valence-corrected chi connectivity index (χ3v) is 5.33. The molecule has 0 aromatic rings. The molecule has 0 aromatic carbocycles. The molecule has 1 heteroatoms. The van der Waals surface area contributed by atoms with Gasteiger partial charge in [-0.05, 0) is 54.8 Å². The van der Waals surface area contributed by atoms with Gasteiger partial charge in [-0.3, -0.25) is 0 Å². The molecular weight excluding hydrogens is 160 g/mol. The predicted octanol–water partition coefficient (Wildman–Crippen LogP) is 2.44. The van der Waals surface area contributed by atoms with Crippen LogP contribution in [-0.2, 0) is 0 Å². The molecule has 4 bridgehead atoms. The molecule has 4 aliphatic rings. The van der Waals surface area contributed by atoms with Crippen molar-refractivity contribution in [3.63, 3.8) is 0 Å². The Morgan fingerprint density at radius 3 is 2.62 bits per heavy atom. The third-order valence-electron chi connectivity index (χ3n) is 5.33. The molecule has 4 fully saturated rings. The smallest absolute Gasteiger partial charge is 0.0602 e. The van der Waals surface area contributed by atoms with Crippen LogP contribution in [0.25, 0.3) is 0 Å². The van der Waals surface area contributed by atoms with Crippen molar-refractivity contribution in [2.24, 2.45) is 29.1 Å². The van der Waals surface area contributed by atoms with Gasteiger partial charge in [0.15, 0.2) is 0 Å². The Morgan fingerprint density at radius 1 is 1.08 bits per heavy atom. The molecule has 4 saturated carbocycles. The van der Waals surface area contributed by atoms with Gasteiger partial charge in [0.25, 0.3) is 0 Å². The second-order valence-electron chi connectivity index (χ2n) is 6.18. The average Bonchev–Trinajstić information content (AvgIpc) is 2.08. The molecule has 0 aliphatic heterocycles. The van der Waals surface area contributed by atoms with Gasteiger partial charge in [0.05, 0.1) is 6.10 Å². The summed E-state index contributed by atoms with van der Waals surface area (Å²) in [5, 5.41) is 10.2. The van der Waals surface area contributed by atoms with Crippen molar-refractivity contribution < 1.29 is 5.11 Å². The summed E-state index contributed by atoms with van der Waals surface area (Å²) >= 11 is 0. The monoisotopic (exact) mass is 180 g/mol. The zero-order valence-electron chi connectivity index (χ0n) is 8.66. The summed E-state index contributed by atoms with van der Waals surface area (Å²) in [6.07, 6.45) is 5.42. The van der Waals surface area contributed by atoms with E-state index < -0.39 is 0 Å². The Morgan fingerprint density at radius 2 is 1.85 bits per heavy atom. The summed E-state index contributed by atoms with van der Waals surface area (Å²) in [4.78, 5) is 0. The Bertz CT molecular complexity index is 233. The van der Waals surface area contributed by atoms with Gasteiger partial charge in [0, 0.05) is 0 Å². The minimum absolute atomic E-state index is 0.0304. The van der Waals surface area contributed by atoms with Crippen LogP contribution in [0.4, 0.5) is 0 Å². The standard InChI is InChI=1S/C12H20O/c1-12(2)9-4-7-3-8(6-9)11(13)10(12)5-7/h7-11,13H,3-6H2,1-2H3/t7?,8-,9+,10-,11+/m1/s1. The van der Waals surface area contributed by atoms with E-state index in [0.29, 0.717) is 17.3 Å². The summed E-state index contributed by atoms with van der Waals surface area (Å²) in [5.74, 6) is 3.16. The molecule has 13 heavy (non-hydrogen) atoms. The Balaban J connectivity index is 1.99. The van der Waals surface area contributed by atoms with Crippen molar-refractivity contribution in [3.8, 4) is 0 Å². The lowest BCUT2D eigenvalue weighted by Gasteiger charge is -2.61. The number of hydrogen-bond acceptors (Lipinski definition) is 1. The SMILES string of the molecule is CC1(C)[C@H]2CC3C[C@H](C2)[C@H](O)[C@H]1C3. The fourth-order valence-corrected chi connectivity index (χ4v) is 4.44. The third kappa shape index (κ3) is 0.918. The van der Waals surface area contributed by atoms with Crippen molar-refractivity contribution >= 4 is 0 Å². The van der Waals surface area contributed by atoms with Crippen molar-refractivity contribution in [2.75, 3.05) is 0 Å². The molecule has 5 atom stereocenters. The van der Waals surface area contributed by atoms with E-state index in [1.54, 1.807) is 0 Å². The van der Waals surface area contributed by atoms with Crippen LogP contribution in [0.2, 0.25) is 0 Å². The van der Waals surface area contributed by atoms with Crippen LogP contribution in [0, 0.1) is 29.1 Å². The first-order valence-electron chi connectivity index (χ1n) is 5.77. The fourth-order valence-electron chi connectivity index (χ4n) is 4.44. The summed E-state index contributed by atoms with van der Waals surface area (Å²) < 4.78 is 0. The number of aliphatic hydroxyl groups excluding tert-OH is 1. The van der Waals surface area contributed by atoms with E-state index >= 15 is 0 Å². The summed E-state index contributed by atoms with van der Waals surface area (Å²) in [6, 6.07) is 0. The molecule has 0 radical (unpaired) electrons. The molecule has 1 nitrogen and oxygen atoms in total. The lowest BCUT2D eigenvalue weighted by atomic mass is 9.45. The van der Waals surface area contributed by atoms with Gasteiger partial charge in [-0.25, -0.2) is 0 Å². The van der Waals surface area contributed by atoms with Gasteiger partial charge < -0.3 is 5.11 Å². The van der Waals surface area contributed by atoms with E-state index in [1.165, 1.54) is 25.7 Å². The lowest BCUT2D eigenvalue weighted by Crippen LogP contribution is -2.57. The van der Waals surface area contributed by atoms with Gasteiger partial charge in [0.2, 0.25) is 0 Å². The molecule has 0 heterocycles. The van der Waals surface area contributed by atoms with Crippen LogP contribution in [-0.4, -0.2) is 11.2 Å². The first-order chi connectivity index (χ1) is 6.09. The van der Waals surface area contributed by atoms with E-state index in [4.69, 9.17) is 0 Å². The van der Waals surface area contributed by atoms with E-state index in [-0.39, 0.29) is 6.10 Å². The molecule has 1 unspecified atom stereocenters. The Labute approximate surface area is 80.5 Å². The van der Waals surface area contributed by atoms with Crippen molar-refractivity contribution in [2.45, 2.75) is 45.6 Å². The van der Waals surface area contributed by atoms with Crippen molar-refractivity contribution in [3.05, 3.63) is 0 Å². The molecule has 0 saturated heterocycles. The highest BCUT2D eigenvalue weighted by Gasteiger charge is 2.56. The average molecular weight is 180 g/mol. The second kappa shape index (κ2) is 2.31. The predicted molar refractivity (Wildman–Crippen MR) is 52.2 cm³/mol. The van der Waals surface area contributed by atoms with Gasteiger partial charge in [-0.1, -0.05) is 13.8 Å². The van der Waals surface area contributed by atoms with Crippen LogP contribution in [0.5, 0.6) is 0 Å². The van der Waals surface area contributed by atoms with Gasteiger partial charge in [-0.15, -0.1) is 0 Å². The quantitative estimate of drug-likeness (QED) is 0.607. The molecule has 4 rings (SSSR count). The number of hydrogen-bond donors (Lipinski definition) is 1. The minimum Gasteiger partial charge on any atom is -0.393 e. The summed E-state index contributed by atoms with van der Waals surface area (Å²) in [5.41, 5.74) is 0.423. The summed E-state index contributed by atoms with van der Waals surface area (Å²) in [7, 11) is 0. The molecular formula is C12H20O. The lowest BCUT2D eigenvalue weighted by molar-refractivity contribution is -0.165. The normalized spacial score (nSPS) is 57.0. The van der Waals surface area contributed by atoms with Gasteiger partial charge in [0.1, 0.15) is 0 Å². The van der Waals surface area contributed by atoms with E-state index in [0.717, 1.165) is 11.8 Å². The first kappa shape index (κ1) is 8.28. The highest BCUT2D eigenvalue weighted by atomic mass is 16.3.